The summed E-state index contributed by atoms with van der Waals surface area (Å²) in [6.45, 7) is 2.90. The maximum absolute atomic E-state index is 5.34. The third-order valence-corrected chi connectivity index (χ3v) is 1.32. The molecule has 3 heteroatoms. The van der Waals surface area contributed by atoms with Gasteiger partial charge in [0.1, 0.15) is 5.75 Å². The maximum Gasteiger partial charge on any atom is 0.141 e. The van der Waals surface area contributed by atoms with Crippen LogP contribution >= 0.6 is 0 Å². The van der Waals surface area contributed by atoms with Crippen LogP contribution < -0.4 is 4.74 Å². The Hall–Kier alpha value is -1.12. The molecule has 1 aromatic heterocycles. The van der Waals surface area contributed by atoms with Crippen molar-refractivity contribution < 1.29 is 4.74 Å². The van der Waals surface area contributed by atoms with Crippen molar-refractivity contribution in [3.63, 3.8) is 0 Å². The summed E-state index contributed by atoms with van der Waals surface area (Å²) < 4.78 is 5.34. The summed E-state index contributed by atoms with van der Waals surface area (Å²) in [4.78, 5) is 0. The molecule has 0 spiro atoms. The second-order valence-corrected chi connectivity index (χ2v) is 2.28. The van der Waals surface area contributed by atoms with Gasteiger partial charge in [-0.25, -0.2) is 0 Å². The lowest BCUT2D eigenvalue weighted by Gasteiger charge is -2.02. The molecule has 0 aromatic carbocycles. The fraction of sp³-hybridized carbons (Fsp3) is 0.500. The molecule has 0 N–H and O–H groups in total. The van der Waals surface area contributed by atoms with Gasteiger partial charge in [-0.05, 0) is 6.42 Å². The molecular weight excluding hydrogens is 140 g/mol. The van der Waals surface area contributed by atoms with Crippen LogP contribution in [0, 0.1) is 0 Å². The average Bonchev–Trinajstić information content (AvgIpc) is 2.07. The van der Waals surface area contributed by atoms with Gasteiger partial charge in [0.25, 0.3) is 0 Å². The van der Waals surface area contributed by atoms with E-state index < -0.39 is 0 Å². The summed E-state index contributed by atoms with van der Waals surface area (Å²) in [5, 5.41) is 7.33. The van der Waals surface area contributed by atoms with Crippen molar-refractivity contribution in [2.24, 2.45) is 0 Å². The molecule has 0 saturated carbocycles. The number of nitrogens with zero attached hydrogens (tertiary/aromatic N) is 2. The van der Waals surface area contributed by atoms with E-state index in [1.165, 1.54) is 0 Å². The lowest BCUT2D eigenvalue weighted by molar-refractivity contribution is 0.307. The van der Waals surface area contributed by atoms with Crippen LogP contribution in [-0.2, 0) is 0 Å². The lowest BCUT2D eigenvalue weighted by atomic mass is 10.4. The normalized spacial score (nSPS) is 9.55. The fourth-order valence-electron chi connectivity index (χ4n) is 0.698. The first-order chi connectivity index (χ1) is 5.43. The zero-order chi connectivity index (χ0) is 7.94. The molecule has 0 aliphatic heterocycles. The van der Waals surface area contributed by atoms with Gasteiger partial charge >= 0.3 is 0 Å². The molecule has 1 aromatic rings. The first kappa shape index (κ1) is 7.98. The first-order valence-corrected chi connectivity index (χ1v) is 3.83. The molecule has 0 bridgehead atoms. The molecule has 0 radical (unpaired) electrons. The fourth-order valence-corrected chi connectivity index (χ4v) is 0.698. The van der Waals surface area contributed by atoms with Crippen molar-refractivity contribution >= 4 is 0 Å². The maximum atomic E-state index is 5.34. The lowest BCUT2D eigenvalue weighted by Crippen LogP contribution is -1.96. The summed E-state index contributed by atoms with van der Waals surface area (Å²) in [5.74, 6) is 0.799. The smallest absolute Gasteiger partial charge is 0.141 e. The summed E-state index contributed by atoms with van der Waals surface area (Å²) in [7, 11) is 0. The Bertz CT molecular complexity index is 189. The second-order valence-electron chi connectivity index (χ2n) is 2.28. The van der Waals surface area contributed by atoms with Crippen LogP contribution in [0.3, 0.4) is 0 Å². The average molecular weight is 152 g/mol. The Morgan fingerprint density at radius 1 is 1.45 bits per heavy atom. The van der Waals surface area contributed by atoms with E-state index in [0.717, 1.165) is 25.2 Å². The molecule has 1 rings (SSSR count). The molecule has 0 atom stereocenters. The highest BCUT2D eigenvalue weighted by Gasteiger charge is 1.90. The minimum Gasteiger partial charge on any atom is -0.492 e. The number of aromatic nitrogens is 2. The molecule has 0 unspecified atom stereocenters. The summed E-state index contributed by atoms with van der Waals surface area (Å²) in [6.07, 6.45) is 5.48. The monoisotopic (exact) mass is 152 g/mol. The minimum atomic E-state index is 0.766. The van der Waals surface area contributed by atoms with Crippen LogP contribution in [0.15, 0.2) is 18.5 Å². The van der Waals surface area contributed by atoms with E-state index in [0.29, 0.717) is 0 Å². The topological polar surface area (TPSA) is 35.0 Å². The van der Waals surface area contributed by atoms with Crippen molar-refractivity contribution in [2.75, 3.05) is 6.61 Å². The van der Waals surface area contributed by atoms with Gasteiger partial charge < -0.3 is 4.74 Å². The van der Waals surface area contributed by atoms with E-state index in [1.807, 2.05) is 6.07 Å². The van der Waals surface area contributed by atoms with Gasteiger partial charge in [-0.3, -0.25) is 0 Å². The predicted molar refractivity (Wildman–Crippen MR) is 42.4 cm³/mol. The second kappa shape index (κ2) is 4.66. The minimum absolute atomic E-state index is 0.766. The Morgan fingerprint density at radius 3 is 3.00 bits per heavy atom. The molecule has 1 heterocycles. The number of ether oxygens (including phenoxy) is 1. The largest absolute Gasteiger partial charge is 0.492 e. The molecule has 0 aliphatic rings. The molecule has 3 nitrogen and oxygen atoms in total. The van der Waals surface area contributed by atoms with Gasteiger partial charge in [0.05, 0.1) is 19.0 Å². The zero-order valence-corrected chi connectivity index (χ0v) is 6.66. The van der Waals surface area contributed by atoms with E-state index in [4.69, 9.17) is 4.74 Å². The Morgan fingerprint density at radius 2 is 2.36 bits per heavy atom. The van der Waals surface area contributed by atoms with Crippen molar-refractivity contribution in [2.45, 2.75) is 19.8 Å². The number of unbranched alkanes of at least 4 members (excludes halogenated alkanes) is 1. The highest BCUT2D eigenvalue weighted by molar-refractivity contribution is 5.12. The Labute approximate surface area is 66.4 Å². The van der Waals surface area contributed by atoms with Crippen LogP contribution in [0.4, 0.5) is 0 Å². The summed E-state index contributed by atoms with van der Waals surface area (Å²) in [5.41, 5.74) is 0. The predicted octanol–water partition coefficient (Wildman–Crippen LogP) is 1.66. The molecule has 11 heavy (non-hydrogen) atoms. The first-order valence-electron chi connectivity index (χ1n) is 3.83. The molecule has 0 aliphatic carbocycles. The number of rotatable bonds is 4. The SMILES string of the molecule is CCCCOc1ccnnc1. The summed E-state index contributed by atoms with van der Waals surface area (Å²) in [6, 6.07) is 1.81. The Kier molecular flexibility index (Phi) is 3.38. The van der Waals surface area contributed by atoms with Gasteiger partial charge in [0.15, 0.2) is 0 Å². The van der Waals surface area contributed by atoms with Gasteiger partial charge in [0.2, 0.25) is 0 Å². The number of hydrogen-bond acceptors (Lipinski definition) is 3. The van der Waals surface area contributed by atoms with Gasteiger partial charge in [0, 0.05) is 6.07 Å². The third kappa shape index (κ3) is 2.98. The van der Waals surface area contributed by atoms with Gasteiger partial charge in [-0.2, -0.15) is 10.2 Å². The van der Waals surface area contributed by atoms with Crippen LogP contribution in [0.2, 0.25) is 0 Å². The third-order valence-electron chi connectivity index (χ3n) is 1.32. The highest BCUT2D eigenvalue weighted by Crippen LogP contribution is 2.05. The summed E-state index contributed by atoms with van der Waals surface area (Å²) >= 11 is 0. The molecule has 0 amide bonds. The standard InChI is InChI=1S/C8H12N2O/c1-2-3-6-11-8-4-5-9-10-7-8/h4-5,7H,2-3,6H2,1H3. The van der Waals surface area contributed by atoms with Gasteiger partial charge in [-0.1, -0.05) is 13.3 Å². The van der Waals surface area contributed by atoms with E-state index in [2.05, 4.69) is 17.1 Å². The van der Waals surface area contributed by atoms with Crippen molar-refractivity contribution in [3.8, 4) is 5.75 Å². The quantitative estimate of drug-likeness (QED) is 0.615. The Balaban J connectivity index is 2.28. The van der Waals surface area contributed by atoms with Crippen molar-refractivity contribution in [3.05, 3.63) is 18.5 Å². The molecular formula is C8H12N2O. The zero-order valence-electron chi connectivity index (χ0n) is 6.66. The van der Waals surface area contributed by atoms with E-state index >= 15 is 0 Å². The van der Waals surface area contributed by atoms with Gasteiger partial charge in [-0.15, -0.1) is 0 Å². The van der Waals surface area contributed by atoms with Crippen LogP contribution in [-0.4, -0.2) is 16.8 Å². The van der Waals surface area contributed by atoms with E-state index in [-0.39, 0.29) is 0 Å². The van der Waals surface area contributed by atoms with Crippen LogP contribution in [0.25, 0.3) is 0 Å². The van der Waals surface area contributed by atoms with E-state index in [1.54, 1.807) is 12.4 Å². The molecule has 60 valence electrons. The highest BCUT2D eigenvalue weighted by atomic mass is 16.5. The molecule has 0 saturated heterocycles. The van der Waals surface area contributed by atoms with E-state index in [9.17, 15) is 0 Å². The van der Waals surface area contributed by atoms with Crippen LogP contribution in [0.5, 0.6) is 5.75 Å². The van der Waals surface area contributed by atoms with Crippen LogP contribution in [0.1, 0.15) is 19.8 Å². The molecule has 0 fully saturated rings. The van der Waals surface area contributed by atoms with Crippen molar-refractivity contribution in [1.82, 2.24) is 10.2 Å². The number of hydrogen-bond donors (Lipinski definition) is 0. The van der Waals surface area contributed by atoms with Crippen molar-refractivity contribution in [1.29, 1.82) is 0 Å².